The molecule has 2 aliphatic rings. The van der Waals surface area contributed by atoms with E-state index in [-0.39, 0.29) is 18.3 Å². The van der Waals surface area contributed by atoms with Gasteiger partial charge in [-0.1, -0.05) is 6.07 Å². The molecule has 7 nitrogen and oxygen atoms in total. The van der Waals surface area contributed by atoms with Crippen LogP contribution in [0.2, 0.25) is 0 Å². The van der Waals surface area contributed by atoms with E-state index in [9.17, 15) is 0 Å². The highest BCUT2D eigenvalue weighted by molar-refractivity contribution is 6.62. The lowest BCUT2D eigenvalue weighted by Gasteiger charge is -2.32. The van der Waals surface area contributed by atoms with Crippen molar-refractivity contribution >= 4 is 29.3 Å². The second-order valence-corrected chi connectivity index (χ2v) is 9.07. The van der Waals surface area contributed by atoms with Crippen molar-refractivity contribution < 1.29 is 14.0 Å². The molecule has 1 aromatic carbocycles. The Kier molecular flexibility index (Phi) is 5.63. The molecule has 0 radical (unpaired) electrons. The van der Waals surface area contributed by atoms with Gasteiger partial charge < -0.3 is 19.4 Å². The summed E-state index contributed by atoms with van der Waals surface area (Å²) in [6, 6.07) is 6.33. The Morgan fingerprint density at radius 2 is 1.79 bits per heavy atom. The SMILES string of the molecule is Cn1nc(NCCCN2CCOCC2)c2ccc(B3OC(C)(C)C(C)(C)O3)cc21. The van der Waals surface area contributed by atoms with Crippen LogP contribution in [0, 0.1) is 0 Å². The number of aryl methyl sites for hydroxylation is 1. The van der Waals surface area contributed by atoms with E-state index in [0.717, 1.165) is 68.0 Å². The Labute approximate surface area is 173 Å². The van der Waals surface area contributed by atoms with E-state index in [1.54, 1.807) is 0 Å². The highest BCUT2D eigenvalue weighted by atomic mass is 16.7. The van der Waals surface area contributed by atoms with E-state index in [1.807, 2.05) is 11.7 Å². The summed E-state index contributed by atoms with van der Waals surface area (Å²) in [6.45, 7) is 14.1. The maximum absolute atomic E-state index is 6.20. The average Bonchev–Trinajstić information content (AvgIpc) is 3.11. The zero-order valence-corrected chi connectivity index (χ0v) is 18.3. The molecule has 0 atom stereocenters. The summed E-state index contributed by atoms with van der Waals surface area (Å²) in [5.74, 6) is 0.935. The third-order valence-corrected chi connectivity index (χ3v) is 6.45. The Hall–Kier alpha value is -1.61. The minimum Gasteiger partial charge on any atom is -0.399 e. The molecule has 0 aliphatic carbocycles. The fourth-order valence-electron chi connectivity index (χ4n) is 3.86. The fourth-order valence-corrected chi connectivity index (χ4v) is 3.86. The van der Waals surface area contributed by atoms with Crippen molar-refractivity contribution in [1.29, 1.82) is 0 Å². The van der Waals surface area contributed by atoms with Crippen molar-refractivity contribution in [3.8, 4) is 0 Å². The van der Waals surface area contributed by atoms with E-state index >= 15 is 0 Å². The van der Waals surface area contributed by atoms with Crippen molar-refractivity contribution in [1.82, 2.24) is 14.7 Å². The highest BCUT2D eigenvalue weighted by Gasteiger charge is 2.51. The molecule has 4 rings (SSSR count). The van der Waals surface area contributed by atoms with Gasteiger partial charge in [-0.3, -0.25) is 9.58 Å². The van der Waals surface area contributed by atoms with Crippen molar-refractivity contribution in [2.45, 2.75) is 45.3 Å². The van der Waals surface area contributed by atoms with Crippen molar-refractivity contribution in [3.63, 3.8) is 0 Å². The maximum Gasteiger partial charge on any atom is 0.494 e. The molecule has 0 bridgehead atoms. The van der Waals surface area contributed by atoms with E-state index in [0.29, 0.717) is 0 Å². The zero-order chi connectivity index (χ0) is 20.6. The Morgan fingerprint density at radius 1 is 1.10 bits per heavy atom. The molecule has 0 spiro atoms. The standard InChI is InChI=1S/C21H33BN4O3/c1-20(2)21(3,4)29-22(28-20)16-7-8-17-18(15-16)25(5)24-19(17)23-9-6-10-26-11-13-27-14-12-26/h7-8,15H,6,9-14H2,1-5H3,(H,23,24). The average molecular weight is 400 g/mol. The van der Waals surface area contributed by atoms with Crippen LogP contribution >= 0.6 is 0 Å². The number of morpholine rings is 1. The van der Waals surface area contributed by atoms with Crippen LogP contribution in [0.5, 0.6) is 0 Å². The predicted octanol–water partition coefficient (Wildman–Crippen LogP) is 2.01. The molecular formula is C21H33BN4O3. The number of hydrogen-bond acceptors (Lipinski definition) is 6. The van der Waals surface area contributed by atoms with E-state index in [1.165, 1.54) is 0 Å². The minimum absolute atomic E-state index is 0.341. The summed E-state index contributed by atoms with van der Waals surface area (Å²) < 4.78 is 19.7. The molecule has 0 saturated carbocycles. The topological polar surface area (TPSA) is 60.8 Å². The van der Waals surface area contributed by atoms with Gasteiger partial charge in [-0.05, 0) is 58.3 Å². The van der Waals surface area contributed by atoms with Crippen LogP contribution in [0.25, 0.3) is 10.9 Å². The monoisotopic (exact) mass is 400 g/mol. The number of anilines is 1. The number of rotatable bonds is 6. The second kappa shape index (κ2) is 7.91. The first-order chi connectivity index (χ1) is 13.8. The molecule has 0 unspecified atom stereocenters. The molecule has 3 heterocycles. The molecule has 1 aromatic heterocycles. The van der Waals surface area contributed by atoms with Crippen LogP contribution in [-0.4, -0.2) is 72.4 Å². The van der Waals surface area contributed by atoms with Gasteiger partial charge in [-0.15, -0.1) is 0 Å². The van der Waals surface area contributed by atoms with Crippen LogP contribution in [0.4, 0.5) is 5.82 Å². The van der Waals surface area contributed by atoms with Gasteiger partial charge >= 0.3 is 7.12 Å². The van der Waals surface area contributed by atoms with Gasteiger partial charge in [0.2, 0.25) is 0 Å². The first-order valence-electron chi connectivity index (χ1n) is 10.6. The van der Waals surface area contributed by atoms with Gasteiger partial charge in [0.25, 0.3) is 0 Å². The molecule has 158 valence electrons. The Bertz CT molecular complexity index is 845. The highest BCUT2D eigenvalue weighted by Crippen LogP contribution is 2.36. The molecule has 2 aromatic rings. The Balaban J connectivity index is 1.42. The summed E-state index contributed by atoms with van der Waals surface area (Å²) in [5, 5.41) is 9.32. The second-order valence-electron chi connectivity index (χ2n) is 9.07. The van der Waals surface area contributed by atoms with Gasteiger partial charge in [-0.25, -0.2) is 0 Å². The molecular weight excluding hydrogens is 367 g/mol. The summed E-state index contributed by atoms with van der Waals surface area (Å²) in [6.07, 6.45) is 1.09. The molecule has 2 fully saturated rings. The number of ether oxygens (including phenoxy) is 1. The predicted molar refractivity (Wildman–Crippen MR) is 117 cm³/mol. The van der Waals surface area contributed by atoms with Gasteiger partial charge in [0, 0.05) is 32.1 Å². The number of aromatic nitrogens is 2. The van der Waals surface area contributed by atoms with Crippen molar-refractivity contribution in [2.75, 3.05) is 44.7 Å². The number of hydrogen-bond donors (Lipinski definition) is 1. The lowest BCUT2D eigenvalue weighted by Crippen LogP contribution is -2.41. The zero-order valence-electron chi connectivity index (χ0n) is 18.3. The third kappa shape index (κ3) is 4.17. The van der Waals surface area contributed by atoms with Crippen molar-refractivity contribution in [2.24, 2.45) is 7.05 Å². The van der Waals surface area contributed by atoms with E-state index in [2.05, 4.69) is 61.2 Å². The third-order valence-electron chi connectivity index (χ3n) is 6.45. The summed E-state index contributed by atoms with van der Waals surface area (Å²) in [5.41, 5.74) is 1.42. The minimum atomic E-state index is -0.357. The quantitative estimate of drug-likeness (QED) is 0.592. The number of fused-ring (bicyclic) bond motifs is 1. The van der Waals surface area contributed by atoms with E-state index in [4.69, 9.17) is 14.0 Å². The van der Waals surface area contributed by atoms with Crippen LogP contribution in [0.3, 0.4) is 0 Å². The van der Waals surface area contributed by atoms with Crippen LogP contribution < -0.4 is 10.8 Å². The largest absolute Gasteiger partial charge is 0.494 e. The molecule has 8 heteroatoms. The van der Waals surface area contributed by atoms with Crippen molar-refractivity contribution in [3.05, 3.63) is 18.2 Å². The molecule has 1 N–H and O–H groups in total. The van der Waals surface area contributed by atoms with E-state index < -0.39 is 0 Å². The maximum atomic E-state index is 6.20. The van der Waals surface area contributed by atoms with Crippen LogP contribution in [0.15, 0.2) is 18.2 Å². The molecule has 29 heavy (non-hydrogen) atoms. The first-order valence-corrected chi connectivity index (χ1v) is 10.6. The van der Waals surface area contributed by atoms with Gasteiger partial charge in [0.1, 0.15) is 0 Å². The van der Waals surface area contributed by atoms with Gasteiger partial charge in [0.05, 0.1) is 29.9 Å². The van der Waals surface area contributed by atoms with Gasteiger partial charge in [-0.2, -0.15) is 5.10 Å². The fraction of sp³-hybridized carbons (Fsp3) is 0.667. The smallest absolute Gasteiger partial charge is 0.399 e. The number of nitrogens with zero attached hydrogens (tertiary/aromatic N) is 3. The molecule has 2 saturated heterocycles. The summed E-state index contributed by atoms with van der Waals surface area (Å²) in [4.78, 5) is 2.46. The van der Waals surface area contributed by atoms with Crippen LogP contribution in [-0.2, 0) is 21.1 Å². The lowest BCUT2D eigenvalue weighted by molar-refractivity contribution is 0.00578. The normalized spacial score (nSPS) is 21.8. The summed E-state index contributed by atoms with van der Waals surface area (Å²) >= 11 is 0. The molecule has 2 aliphatic heterocycles. The lowest BCUT2D eigenvalue weighted by atomic mass is 9.79. The first kappa shape index (κ1) is 20.7. The summed E-state index contributed by atoms with van der Waals surface area (Å²) in [7, 11) is 1.62. The number of benzene rings is 1. The van der Waals surface area contributed by atoms with Crippen LogP contribution in [0.1, 0.15) is 34.1 Å². The Morgan fingerprint density at radius 3 is 2.48 bits per heavy atom. The van der Waals surface area contributed by atoms with Gasteiger partial charge in [0.15, 0.2) is 5.82 Å². The molecule has 0 amide bonds. The number of nitrogens with one attached hydrogen (secondary N) is 1.